The smallest absolute Gasteiger partial charge is 0.337 e. The number of pyridine rings is 1. The van der Waals surface area contributed by atoms with Crippen molar-refractivity contribution in [3.63, 3.8) is 0 Å². The molecule has 0 aliphatic heterocycles. The summed E-state index contributed by atoms with van der Waals surface area (Å²) in [5, 5.41) is 2.91. The van der Waals surface area contributed by atoms with E-state index in [9.17, 15) is 14.4 Å². The van der Waals surface area contributed by atoms with E-state index in [1.165, 1.54) is 31.0 Å². The van der Waals surface area contributed by atoms with Gasteiger partial charge in [0.25, 0.3) is 11.5 Å². The third-order valence-electron chi connectivity index (χ3n) is 4.72. The molecule has 1 amide bonds. The Hall–Kier alpha value is -4.20. The zero-order chi connectivity index (χ0) is 21.3. The Morgan fingerprint density at radius 2 is 1.73 bits per heavy atom. The number of aromatic nitrogens is 3. The molecule has 8 heteroatoms. The van der Waals surface area contributed by atoms with E-state index in [1.54, 1.807) is 48.5 Å². The van der Waals surface area contributed by atoms with Crippen molar-refractivity contribution in [2.24, 2.45) is 7.05 Å². The van der Waals surface area contributed by atoms with Gasteiger partial charge in [0.2, 0.25) is 0 Å². The highest BCUT2D eigenvalue weighted by Crippen LogP contribution is 2.24. The Kier molecular flexibility index (Phi) is 4.89. The second kappa shape index (κ2) is 7.67. The first-order chi connectivity index (χ1) is 14.5. The standard InChI is InChI=1S/C22H18N4O4/c1-25-21(28)16-12-14(20(27)24-17-10-6-7-11-18(17)30-2)13-23-19(16)26(22(25)29)15-8-4-3-5-9-15/h3-13H,1-2H3,(H,24,27). The Bertz CT molecular complexity index is 1370. The van der Waals surface area contributed by atoms with Crippen LogP contribution in [0.4, 0.5) is 5.69 Å². The molecule has 30 heavy (non-hydrogen) atoms. The molecule has 1 N–H and O–H groups in total. The summed E-state index contributed by atoms with van der Waals surface area (Å²) in [6.45, 7) is 0. The topological polar surface area (TPSA) is 95.2 Å². The number of methoxy groups -OCH3 is 1. The lowest BCUT2D eigenvalue weighted by atomic mass is 10.2. The number of anilines is 1. The van der Waals surface area contributed by atoms with Gasteiger partial charge in [0.1, 0.15) is 5.75 Å². The molecule has 0 unspecified atom stereocenters. The summed E-state index contributed by atoms with van der Waals surface area (Å²) in [6.07, 6.45) is 1.34. The van der Waals surface area contributed by atoms with Gasteiger partial charge < -0.3 is 10.1 Å². The van der Waals surface area contributed by atoms with Crippen LogP contribution in [0.2, 0.25) is 0 Å². The van der Waals surface area contributed by atoms with Gasteiger partial charge in [-0.05, 0) is 30.3 Å². The van der Waals surface area contributed by atoms with Crippen LogP contribution in [0.5, 0.6) is 5.75 Å². The Labute approximate surface area is 171 Å². The molecule has 0 saturated heterocycles. The maximum Gasteiger partial charge on any atom is 0.337 e. The molecule has 0 atom stereocenters. The summed E-state index contributed by atoms with van der Waals surface area (Å²) in [4.78, 5) is 42.5. The molecule has 2 aromatic heterocycles. The van der Waals surface area contributed by atoms with Gasteiger partial charge in [0.15, 0.2) is 5.65 Å². The highest BCUT2D eigenvalue weighted by atomic mass is 16.5. The minimum absolute atomic E-state index is 0.161. The van der Waals surface area contributed by atoms with Crippen molar-refractivity contribution in [1.82, 2.24) is 14.1 Å². The van der Waals surface area contributed by atoms with Gasteiger partial charge in [-0.2, -0.15) is 0 Å². The monoisotopic (exact) mass is 402 g/mol. The lowest BCUT2D eigenvalue weighted by molar-refractivity contribution is 0.102. The number of amides is 1. The summed E-state index contributed by atoms with van der Waals surface area (Å²) >= 11 is 0. The predicted octanol–water partition coefficient (Wildman–Crippen LogP) is 2.35. The quantitative estimate of drug-likeness (QED) is 0.565. The number of carbonyl (C=O) groups excluding carboxylic acids is 1. The molecule has 8 nitrogen and oxygen atoms in total. The Morgan fingerprint density at radius 1 is 1.03 bits per heavy atom. The van der Waals surface area contributed by atoms with E-state index < -0.39 is 17.2 Å². The van der Waals surface area contributed by atoms with Crippen molar-refractivity contribution in [3.8, 4) is 11.4 Å². The molecule has 0 bridgehead atoms. The molecule has 2 heterocycles. The molecule has 0 radical (unpaired) electrons. The summed E-state index contributed by atoms with van der Waals surface area (Å²) in [7, 11) is 2.90. The van der Waals surface area contributed by atoms with Gasteiger partial charge in [-0.25, -0.2) is 14.3 Å². The van der Waals surface area contributed by atoms with Crippen LogP contribution in [0.3, 0.4) is 0 Å². The largest absolute Gasteiger partial charge is 0.495 e. The zero-order valence-corrected chi connectivity index (χ0v) is 16.3. The minimum Gasteiger partial charge on any atom is -0.495 e. The van der Waals surface area contributed by atoms with Crippen LogP contribution >= 0.6 is 0 Å². The van der Waals surface area contributed by atoms with E-state index in [2.05, 4.69) is 10.3 Å². The van der Waals surface area contributed by atoms with Crippen LogP contribution in [0.25, 0.3) is 16.7 Å². The first kappa shape index (κ1) is 19.1. The third kappa shape index (κ3) is 3.24. The fraction of sp³-hybridized carbons (Fsp3) is 0.0909. The summed E-state index contributed by atoms with van der Waals surface area (Å²) < 4.78 is 7.59. The molecule has 150 valence electrons. The third-order valence-corrected chi connectivity index (χ3v) is 4.72. The number of benzene rings is 2. The maximum atomic E-state index is 12.8. The molecular weight excluding hydrogens is 384 g/mol. The van der Waals surface area contributed by atoms with Crippen molar-refractivity contribution in [1.29, 1.82) is 0 Å². The highest BCUT2D eigenvalue weighted by Gasteiger charge is 2.17. The Balaban J connectivity index is 1.84. The number of fused-ring (bicyclic) bond motifs is 1. The maximum absolute atomic E-state index is 12.8. The number of nitrogens with zero attached hydrogens (tertiary/aromatic N) is 3. The molecule has 0 aliphatic carbocycles. The number of ether oxygens (including phenoxy) is 1. The van der Waals surface area contributed by atoms with E-state index in [0.29, 0.717) is 17.1 Å². The van der Waals surface area contributed by atoms with Gasteiger partial charge in [-0.1, -0.05) is 30.3 Å². The minimum atomic E-state index is -0.526. The molecule has 0 saturated carbocycles. The lowest BCUT2D eigenvalue weighted by Crippen LogP contribution is -2.38. The fourth-order valence-corrected chi connectivity index (χ4v) is 3.18. The molecule has 4 aromatic rings. The SMILES string of the molecule is COc1ccccc1NC(=O)c1cnc2c(c1)c(=O)n(C)c(=O)n2-c1ccccc1. The Morgan fingerprint density at radius 3 is 2.47 bits per heavy atom. The highest BCUT2D eigenvalue weighted by molar-refractivity contribution is 6.06. The van der Waals surface area contributed by atoms with Crippen LogP contribution in [0.15, 0.2) is 76.4 Å². The van der Waals surface area contributed by atoms with Crippen molar-refractivity contribution in [2.75, 3.05) is 12.4 Å². The predicted molar refractivity (Wildman–Crippen MR) is 114 cm³/mol. The molecule has 2 aromatic carbocycles. The summed E-state index contributed by atoms with van der Waals surface area (Å²) in [5.74, 6) is 0.0573. The number of rotatable bonds is 4. The average Bonchev–Trinajstić information content (AvgIpc) is 2.78. The van der Waals surface area contributed by atoms with Gasteiger partial charge in [-0.15, -0.1) is 0 Å². The van der Waals surface area contributed by atoms with Crippen LogP contribution in [-0.4, -0.2) is 27.1 Å². The number of nitrogens with one attached hydrogen (secondary N) is 1. The van der Waals surface area contributed by atoms with Gasteiger partial charge in [0, 0.05) is 13.2 Å². The first-order valence-electron chi connectivity index (χ1n) is 9.13. The van der Waals surface area contributed by atoms with Crippen molar-refractivity contribution >= 4 is 22.6 Å². The summed E-state index contributed by atoms with van der Waals surface area (Å²) in [5.41, 5.74) is 0.389. The van der Waals surface area contributed by atoms with E-state index in [4.69, 9.17) is 4.74 Å². The number of hydrogen-bond acceptors (Lipinski definition) is 5. The van der Waals surface area contributed by atoms with Crippen molar-refractivity contribution in [3.05, 3.63) is 93.3 Å². The molecule has 0 fully saturated rings. The van der Waals surface area contributed by atoms with Gasteiger partial charge in [0.05, 0.1) is 29.4 Å². The average molecular weight is 402 g/mol. The molecule has 4 rings (SSSR count). The second-order valence-corrected chi connectivity index (χ2v) is 6.57. The van der Waals surface area contributed by atoms with E-state index >= 15 is 0 Å². The normalized spacial score (nSPS) is 10.7. The van der Waals surface area contributed by atoms with E-state index in [0.717, 1.165) is 4.57 Å². The van der Waals surface area contributed by atoms with Crippen LogP contribution < -0.4 is 21.3 Å². The second-order valence-electron chi connectivity index (χ2n) is 6.57. The van der Waals surface area contributed by atoms with Gasteiger partial charge >= 0.3 is 5.69 Å². The van der Waals surface area contributed by atoms with Crippen LogP contribution in [0.1, 0.15) is 10.4 Å². The molecule has 0 aliphatic rings. The number of hydrogen-bond donors (Lipinski definition) is 1. The molecular formula is C22H18N4O4. The lowest BCUT2D eigenvalue weighted by Gasteiger charge is -2.13. The van der Waals surface area contributed by atoms with E-state index in [-0.39, 0.29) is 16.6 Å². The summed E-state index contributed by atoms with van der Waals surface area (Å²) in [6, 6.07) is 17.3. The van der Waals surface area contributed by atoms with E-state index in [1.807, 2.05) is 6.07 Å². The fourth-order valence-electron chi connectivity index (χ4n) is 3.18. The number of para-hydroxylation sites is 3. The first-order valence-corrected chi connectivity index (χ1v) is 9.13. The van der Waals surface area contributed by atoms with Gasteiger partial charge in [-0.3, -0.25) is 14.2 Å². The number of carbonyl (C=O) groups is 1. The van der Waals surface area contributed by atoms with Crippen LogP contribution in [-0.2, 0) is 7.05 Å². The molecule has 0 spiro atoms. The zero-order valence-electron chi connectivity index (χ0n) is 16.3. The van der Waals surface area contributed by atoms with Crippen molar-refractivity contribution < 1.29 is 9.53 Å². The van der Waals surface area contributed by atoms with Crippen molar-refractivity contribution in [2.45, 2.75) is 0 Å². The van der Waals surface area contributed by atoms with Crippen LogP contribution in [0, 0.1) is 0 Å².